The number of Topliss-reactive ketones (excluding diaryl/α,β-unsaturated/α-hetero) is 1. The Morgan fingerprint density at radius 3 is 3.06 bits per heavy atom. The summed E-state index contributed by atoms with van der Waals surface area (Å²) in [4.78, 5) is 12.8. The third-order valence-corrected chi connectivity index (χ3v) is 5.40. The fourth-order valence-electron chi connectivity index (χ4n) is 4.67. The smallest absolute Gasteiger partial charge is 0.150 e. The zero-order chi connectivity index (χ0) is 13.0. The van der Waals surface area contributed by atoms with Gasteiger partial charge in [-0.3, -0.25) is 4.79 Å². The molecule has 0 heterocycles. The van der Waals surface area contributed by atoms with E-state index < -0.39 is 0 Å². The number of carbonyl (C=O) groups is 1. The summed E-state index contributed by atoms with van der Waals surface area (Å²) in [6, 6.07) is 0. The standard InChI is InChI=1S/C17H22O/c1-4-8-17-10-12(2)13(15(17)18)11-16(3)9-6-5-7-14(16)17/h4,7,13H,1-2,5-6,8-11H2,3H3/t13-,16-,17-/m1/s1. The topological polar surface area (TPSA) is 17.1 Å². The first kappa shape index (κ1) is 12.0. The Labute approximate surface area is 110 Å². The largest absolute Gasteiger partial charge is 0.298 e. The molecule has 0 aromatic heterocycles. The first-order chi connectivity index (χ1) is 8.53. The Morgan fingerprint density at radius 2 is 2.33 bits per heavy atom. The minimum atomic E-state index is -0.267. The second kappa shape index (κ2) is 3.69. The number of hydrogen-bond acceptors (Lipinski definition) is 1. The van der Waals surface area contributed by atoms with E-state index >= 15 is 0 Å². The maximum atomic E-state index is 12.8. The van der Waals surface area contributed by atoms with E-state index in [1.807, 2.05) is 6.08 Å². The predicted molar refractivity (Wildman–Crippen MR) is 74.2 cm³/mol. The van der Waals surface area contributed by atoms with Gasteiger partial charge in [0.2, 0.25) is 0 Å². The molecule has 3 aliphatic carbocycles. The lowest BCUT2D eigenvalue weighted by Gasteiger charge is -2.48. The van der Waals surface area contributed by atoms with Crippen LogP contribution in [0.25, 0.3) is 0 Å². The molecule has 0 amide bonds. The fourth-order valence-corrected chi connectivity index (χ4v) is 4.67. The van der Waals surface area contributed by atoms with E-state index in [0.29, 0.717) is 5.78 Å². The molecule has 3 atom stereocenters. The average molecular weight is 242 g/mol. The molecule has 0 aromatic carbocycles. The summed E-state index contributed by atoms with van der Waals surface area (Å²) in [5.41, 5.74) is 2.55. The van der Waals surface area contributed by atoms with Crippen molar-refractivity contribution < 1.29 is 4.79 Å². The van der Waals surface area contributed by atoms with Crippen molar-refractivity contribution in [2.75, 3.05) is 0 Å². The van der Waals surface area contributed by atoms with Crippen molar-refractivity contribution >= 4 is 5.78 Å². The number of ketones is 1. The van der Waals surface area contributed by atoms with Gasteiger partial charge in [0, 0.05) is 5.92 Å². The van der Waals surface area contributed by atoms with E-state index in [-0.39, 0.29) is 16.7 Å². The van der Waals surface area contributed by atoms with Crippen molar-refractivity contribution in [1.29, 1.82) is 0 Å². The number of fused-ring (bicyclic) bond motifs is 4. The minimum Gasteiger partial charge on any atom is -0.298 e. The Morgan fingerprint density at radius 1 is 1.56 bits per heavy atom. The number of rotatable bonds is 2. The van der Waals surface area contributed by atoms with Crippen LogP contribution in [0.15, 0.2) is 36.5 Å². The van der Waals surface area contributed by atoms with Gasteiger partial charge in [-0.25, -0.2) is 0 Å². The molecule has 1 heteroatoms. The van der Waals surface area contributed by atoms with E-state index in [2.05, 4.69) is 26.2 Å². The van der Waals surface area contributed by atoms with E-state index in [0.717, 1.165) is 25.7 Å². The summed E-state index contributed by atoms with van der Waals surface area (Å²) >= 11 is 0. The summed E-state index contributed by atoms with van der Waals surface area (Å²) in [6.07, 6.45) is 10.6. The molecule has 2 bridgehead atoms. The van der Waals surface area contributed by atoms with E-state index in [1.165, 1.54) is 24.0 Å². The molecule has 18 heavy (non-hydrogen) atoms. The fraction of sp³-hybridized carbons (Fsp3) is 0.588. The van der Waals surface area contributed by atoms with Gasteiger partial charge in [0.25, 0.3) is 0 Å². The van der Waals surface area contributed by atoms with Gasteiger partial charge in [-0.2, -0.15) is 0 Å². The zero-order valence-corrected chi connectivity index (χ0v) is 11.3. The van der Waals surface area contributed by atoms with Crippen molar-refractivity contribution in [3.8, 4) is 0 Å². The predicted octanol–water partition coefficient (Wildman–Crippen LogP) is 4.21. The molecule has 3 aliphatic rings. The van der Waals surface area contributed by atoms with Crippen LogP contribution < -0.4 is 0 Å². The van der Waals surface area contributed by atoms with Gasteiger partial charge in [0.1, 0.15) is 0 Å². The van der Waals surface area contributed by atoms with Crippen LogP contribution in [-0.4, -0.2) is 5.78 Å². The molecular formula is C17H22O. The maximum absolute atomic E-state index is 12.8. The van der Waals surface area contributed by atoms with Crippen LogP contribution in [0.3, 0.4) is 0 Å². The van der Waals surface area contributed by atoms with Crippen molar-refractivity contribution in [2.45, 2.75) is 45.4 Å². The summed E-state index contributed by atoms with van der Waals surface area (Å²) in [7, 11) is 0. The lowest BCUT2D eigenvalue weighted by molar-refractivity contribution is -0.130. The third kappa shape index (κ3) is 1.31. The molecule has 1 nitrogen and oxygen atoms in total. The number of carbonyl (C=O) groups excluding carboxylic acids is 1. The summed E-state index contributed by atoms with van der Waals surface area (Å²) < 4.78 is 0. The lowest BCUT2D eigenvalue weighted by Crippen LogP contribution is -2.45. The highest BCUT2D eigenvalue weighted by Crippen LogP contribution is 2.64. The lowest BCUT2D eigenvalue weighted by atomic mass is 9.55. The third-order valence-electron chi connectivity index (χ3n) is 5.40. The Kier molecular flexibility index (Phi) is 2.45. The monoisotopic (exact) mass is 242 g/mol. The quantitative estimate of drug-likeness (QED) is 0.663. The van der Waals surface area contributed by atoms with Crippen LogP contribution >= 0.6 is 0 Å². The highest BCUT2D eigenvalue weighted by molar-refractivity contribution is 5.97. The number of allylic oxidation sites excluding steroid dienone is 4. The Hall–Kier alpha value is -1.11. The highest BCUT2D eigenvalue weighted by atomic mass is 16.1. The van der Waals surface area contributed by atoms with Crippen molar-refractivity contribution in [3.05, 3.63) is 36.5 Å². The molecule has 0 aromatic rings. The van der Waals surface area contributed by atoms with Crippen LogP contribution in [0.4, 0.5) is 0 Å². The van der Waals surface area contributed by atoms with Gasteiger partial charge in [-0.05, 0) is 43.9 Å². The molecule has 2 fully saturated rings. The average Bonchev–Trinajstić information content (AvgIpc) is 2.50. The van der Waals surface area contributed by atoms with Crippen LogP contribution in [0, 0.1) is 16.7 Å². The first-order valence-electron chi connectivity index (χ1n) is 7.07. The van der Waals surface area contributed by atoms with Gasteiger partial charge in [-0.1, -0.05) is 36.8 Å². The number of hydrogen-bond donors (Lipinski definition) is 0. The van der Waals surface area contributed by atoms with Crippen molar-refractivity contribution in [3.63, 3.8) is 0 Å². The van der Waals surface area contributed by atoms with Gasteiger partial charge in [-0.15, -0.1) is 6.58 Å². The summed E-state index contributed by atoms with van der Waals surface area (Å²) in [5.74, 6) is 0.545. The van der Waals surface area contributed by atoms with Crippen LogP contribution in [-0.2, 0) is 4.79 Å². The van der Waals surface area contributed by atoms with Crippen molar-refractivity contribution in [1.82, 2.24) is 0 Å². The second-order valence-corrected chi connectivity index (χ2v) is 6.60. The summed E-state index contributed by atoms with van der Waals surface area (Å²) in [6.45, 7) is 10.4. The Balaban J connectivity index is 2.17. The van der Waals surface area contributed by atoms with Crippen LogP contribution in [0.5, 0.6) is 0 Å². The van der Waals surface area contributed by atoms with Crippen molar-refractivity contribution in [2.24, 2.45) is 16.7 Å². The molecule has 2 saturated carbocycles. The van der Waals surface area contributed by atoms with E-state index in [1.54, 1.807) is 0 Å². The maximum Gasteiger partial charge on any atom is 0.150 e. The molecule has 0 unspecified atom stereocenters. The van der Waals surface area contributed by atoms with Crippen LogP contribution in [0.1, 0.15) is 45.4 Å². The Bertz CT molecular complexity index is 470. The van der Waals surface area contributed by atoms with Gasteiger partial charge < -0.3 is 0 Å². The molecule has 0 aliphatic heterocycles. The molecular weight excluding hydrogens is 220 g/mol. The molecule has 0 radical (unpaired) electrons. The molecule has 0 N–H and O–H groups in total. The van der Waals surface area contributed by atoms with E-state index in [4.69, 9.17) is 0 Å². The molecule has 0 spiro atoms. The first-order valence-corrected chi connectivity index (χ1v) is 7.07. The van der Waals surface area contributed by atoms with Crippen LogP contribution in [0.2, 0.25) is 0 Å². The molecule has 3 rings (SSSR count). The van der Waals surface area contributed by atoms with E-state index in [9.17, 15) is 4.79 Å². The SMILES string of the molecule is C=CC[C@@]12CC(=C)[C@@H](C[C@@]3(C)CCCC=C31)C2=O. The minimum absolute atomic E-state index is 0.116. The second-order valence-electron chi connectivity index (χ2n) is 6.60. The molecule has 96 valence electrons. The zero-order valence-electron chi connectivity index (χ0n) is 11.3. The normalized spacial score (nSPS) is 42.5. The molecule has 0 saturated heterocycles. The van der Waals surface area contributed by atoms with Gasteiger partial charge >= 0.3 is 0 Å². The summed E-state index contributed by atoms with van der Waals surface area (Å²) in [5, 5.41) is 0. The highest BCUT2D eigenvalue weighted by Gasteiger charge is 2.60. The van der Waals surface area contributed by atoms with Gasteiger partial charge in [0.15, 0.2) is 5.78 Å². The van der Waals surface area contributed by atoms with Gasteiger partial charge in [0.05, 0.1) is 5.41 Å².